The Labute approximate surface area is 122 Å². The van der Waals surface area contributed by atoms with E-state index < -0.39 is 12.6 Å². The van der Waals surface area contributed by atoms with Crippen LogP contribution in [0.5, 0.6) is 5.75 Å². The van der Waals surface area contributed by atoms with Gasteiger partial charge in [0, 0.05) is 12.6 Å². The second kappa shape index (κ2) is 6.85. The lowest BCUT2D eigenvalue weighted by molar-refractivity contribution is -0.145. The Morgan fingerprint density at radius 3 is 2.95 bits per heavy atom. The molecule has 2 atom stereocenters. The molecule has 0 aromatic heterocycles. The Morgan fingerprint density at radius 1 is 1.52 bits per heavy atom. The van der Waals surface area contributed by atoms with Crippen molar-refractivity contribution < 1.29 is 23.4 Å². The Kier molecular flexibility index (Phi) is 5.12. The lowest BCUT2D eigenvalue weighted by atomic mass is 9.90. The predicted octanol–water partition coefficient (Wildman–Crippen LogP) is 2.97. The van der Waals surface area contributed by atoms with Crippen molar-refractivity contribution in [1.29, 1.82) is 0 Å². The van der Waals surface area contributed by atoms with Gasteiger partial charge in [-0.15, -0.1) is 0 Å². The van der Waals surface area contributed by atoms with Crippen molar-refractivity contribution in [3.05, 3.63) is 29.8 Å². The Bertz CT molecular complexity index is 496. The van der Waals surface area contributed by atoms with E-state index in [-0.39, 0.29) is 17.7 Å². The number of likely N-dealkylation sites (tertiary alicyclic amines) is 1. The third-order valence-corrected chi connectivity index (χ3v) is 3.95. The highest BCUT2D eigenvalue weighted by molar-refractivity contribution is 5.70. The summed E-state index contributed by atoms with van der Waals surface area (Å²) in [7, 11) is 0. The van der Waals surface area contributed by atoms with Crippen LogP contribution in [0.1, 0.15) is 25.3 Å². The largest absolute Gasteiger partial charge is 0.481 e. The van der Waals surface area contributed by atoms with Crippen LogP contribution in [0, 0.1) is 5.92 Å². The summed E-state index contributed by atoms with van der Waals surface area (Å²) in [6, 6.07) is 6.47. The van der Waals surface area contributed by atoms with E-state index in [1.807, 2.05) is 13.0 Å². The zero-order valence-electron chi connectivity index (χ0n) is 11.8. The van der Waals surface area contributed by atoms with Crippen molar-refractivity contribution in [3.8, 4) is 5.75 Å². The number of hydrogen-bond acceptors (Lipinski definition) is 3. The number of nitrogens with zero attached hydrogens (tertiary/aromatic N) is 1. The van der Waals surface area contributed by atoms with Gasteiger partial charge in [0.1, 0.15) is 5.75 Å². The van der Waals surface area contributed by atoms with Crippen molar-refractivity contribution in [2.45, 2.75) is 39.0 Å². The first-order chi connectivity index (χ1) is 9.97. The fourth-order valence-electron chi connectivity index (χ4n) is 2.82. The summed E-state index contributed by atoms with van der Waals surface area (Å²) in [6.45, 7) is 0.402. The second-order valence-corrected chi connectivity index (χ2v) is 5.32. The summed E-state index contributed by atoms with van der Waals surface area (Å²) in [5.74, 6) is -1.02. The van der Waals surface area contributed by atoms with E-state index in [9.17, 15) is 18.7 Å². The summed E-state index contributed by atoms with van der Waals surface area (Å²) in [4.78, 5) is 13.3. The number of carbonyl (C=O) groups is 1. The molecule has 0 unspecified atom stereocenters. The van der Waals surface area contributed by atoms with Gasteiger partial charge in [-0.25, -0.2) is 0 Å². The highest BCUT2D eigenvalue weighted by Gasteiger charge is 2.32. The second-order valence-electron chi connectivity index (χ2n) is 5.32. The van der Waals surface area contributed by atoms with Crippen LogP contribution in [0.4, 0.5) is 8.78 Å². The minimum atomic E-state index is -2.84. The van der Waals surface area contributed by atoms with Crippen LogP contribution in [0.15, 0.2) is 24.3 Å². The van der Waals surface area contributed by atoms with E-state index in [2.05, 4.69) is 9.64 Å². The molecule has 0 aliphatic carbocycles. The Balaban J connectivity index is 2.05. The zero-order chi connectivity index (χ0) is 15.4. The summed E-state index contributed by atoms with van der Waals surface area (Å²) in [5.41, 5.74) is 0.839. The maximum atomic E-state index is 12.2. The maximum absolute atomic E-state index is 12.2. The number of carboxylic acids is 1. The lowest BCUT2D eigenvalue weighted by Gasteiger charge is -2.37. The molecule has 1 aliphatic rings. The molecular weight excluding hydrogens is 280 g/mol. The topological polar surface area (TPSA) is 49.8 Å². The minimum Gasteiger partial charge on any atom is -0.481 e. The van der Waals surface area contributed by atoms with E-state index in [0.29, 0.717) is 13.0 Å². The van der Waals surface area contributed by atoms with E-state index >= 15 is 0 Å². The molecule has 1 heterocycles. The van der Waals surface area contributed by atoms with Gasteiger partial charge in [0.05, 0.1) is 5.92 Å². The first-order valence-electron chi connectivity index (χ1n) is 6.98. The van der Waals surface area contributed by atoms with Crippen LogP contribution in [0.3, 0.4) is 0 Å². The molecule has 1 aromatic carbocycles. The average molecular weight is 299 g/mol. The van der Waals surface area contributed by atoms with Crippen LogP contribution >= 0.6 is 0 Å². The van der Waals surface area contributed by atoms with Crippen LogP contribution in [0.2, 0.25) is 0 Å². The Morgan fingerprint density at radius 2 is 2.29 bits per heavy atom. The van der Waals surface area contributed by atoms with Gasteiger partial charge in [0.2, 0.25) is 0 Å². The van der Waals surface area contributed by atoms with Gasteiger partial charge in [0.15, 0.2) is 0 Å². The van der Waals surface area contributed by atoms with Gasteiger partial charge in [-0.3, -0.25) is 9.69 Å². The molecule has 0 amide bonds. The molecule has 2 rings (SSSR count). The number of carboxylic acid groups (broad SMARTS) is 1. The van der Waals surface area contributed by atoms with Crippen LogP contribution in [0.25, 0.3) is 0 Å². The molecule has 6 heteroatoms. The minimum absolute atomic E-state index is 0.0732. The molecule has 1 saturated heterocycles. The molecule has 4 nitrogen and oxygen atoms in total. The number of hydrogen-bond donors (Lipinski definition) is 1. The third kappa shape index (κ3) is 4.14. The first kappa shape index (κ1) is 15.7. The van der Waals surface area contributed by atoms with Crippen molar-refractivity contribution in [1.82, 2.24) is 4.90 Å². The monoisotopic (exact) mass is 299 g/mol. The SMILES string of the molecule is C[C@@H]1[C@H](C(=O)O)CCCN1Cc1cccc(OC(F)F)c1. The maximum Gasteiger partial charge on any atom is 0.387 e. The fraction of sp³-hybridized carbons (Fsp3) is 0.533. The van der Waals surface area contributed by atoms with Gasteiger partial charge >= 0.3 is 12.6 Å². The van der Waals surface area contributed by atoms with Crippen molar-refractivity contribution >= 4 is 5.97 Å². The van der Waals surface area contributed by atoms with Crippen molar-refractivity contribution in [3.63, 3.8) is 0 Å². The van der Waals surface area contributed by atoms with Crippen molar-refractivity contribution in [2.24, 2.45) is 5.92 Å². The summed E-state index contributed by atoms with van der Waals surface area (Å²) in [6.07, 6.45) is 1.51. The van der Waals surface area contributed by atoms with E-state index in [1.165, 1.54) is 6.07 Å². The third-order valence-electron chi connectivity index (χ3n) is 3.95. The number of aliphatic carboxylic acids is 1. The normalized spacial score (nSPS) is 23.2. The molecule has 116 valence electrons. The number of alkyl halides is 2. The first-order valence-corrected chi connectivity index (χ1v) is 6.98. The molecule has 0 spiro atoms. The molecular formula is C15H19F2NO3. The highest BCUT2D eigenvalue weighted by Crippen LogP contribution is 2.26. The van der Waals surface area contributed by atoms with Crippen LogP contribution < -0.4 is 4.74 Å². The van der Waals surface area contributed by atoms with Crippen LogP contribution in [-0.4, -0.2) is 35.2 Å². The van der Waals surface area contributed by atoms with Gasteiger partial charge in [0.25, 0.3) is 0 Å². The summed E-state index contributed by atoms with van der Waals surface area (Å²) < 4.78 is 28.8. The number of piperidine rings is 1. The average Bonchev–Trinajstić information content (AvgIpc) is 2.40. The molecule has 1 N–H and O–H groups in total. The molecule has 0 saturated carbocycles. The standard InChI is InChI=1S/C15H19F2NO3/c1-10-13(14(19)20)6-3-7-18(10)9-11-4-2-5-12(8-11)21-15(16)17/h2,4-5,8,10,13,15H,3,6-7,9H2,1H3,(H,19,20)/t10-,13-/m1/s1. The highest BCUT2D eigenvalue weighted by atomic mass is 19.3. The fourth-order valence-corrected chi connectivity index (χ4v) is 2.82. The van der Waals surface area contributed by atoms with E-state index in [4.69, 9.17) is 0 Å². The molecule has 0 radical (unpaired) electrons. The Hall–Kier alpha value is -1.69. The van der Waals surface area contributed by atoms with Gasteiger partial charge in [-0.1, -0.05) is 12.1 Å². The molecule has 21 heavy (non-hydrogen) atoms. The molecule has 1 aliphatic heterocycles. The lowest BCUT2D eigenvalue weighted by Crippen LogP contribution is -2.45. The number of rotatable bonds is 5. The molecule has 1 fully saturated rings. The predicted molar refractivity (Wildman–Crippen MR) is 73.3 cm³/mol. The molecule has 1 aromatic rings. The molecule has 0 bridgehead atoms. The summed E-state index contributed by atoms with van der Waals surface area (Å²) >= 11 is 0. The van der Waals surface area contributed by atoms with Crippen LogP contribution in [-0.2, 0) is 11.3 Å². The van der Waals surface area contributed by atoms with Gasteiger partial charge in [-0.2, -0.15) is 8.78 Å². The quantitative estimate of drug-likeness (QED) is 0.908. The van der Waals surface area contributed by atoms with Gasteiger partial charge in [-0.05, 0) is 44.0 Å². The van der Waals surface area contributed by atoms with E-state index in [1.54, 1.807) is 12.1 Å². The van der Waals surface area contributed by atoms with Crippen molar-refractivity contribution in [2.75, 3.05) is 6.54 Å². The zero-order valence-corrected chi connectivity index (χ0v) is 11.8. The smallest absolute Gasteiger partial charge is 0.387 e. The van der Waals surface area contributed by atoms with Gasteiger partial charge < -0.3 is 9.84 Å². The number of halogens is 2. The number of benzene rings is 1. The summed E-state index contributed by atoms with van der Waals surface area (Å²) in [5, 5.41) is 9.21. The van der Waals surface area contributed by atoms with E-state index in [0.717, 1.165) is 18.5 Å². The number of ether oxygens (including phenoxy) is 1.